The Hall–Kier alpha value is -2.46. The molecule has 0 bridgehead atoms. The molecule has 2 aromatic rings. The van der Waals surface area contributed by atoms with Crippen molar-refractivity contribution in [3.63, 3.8) is 0 Å². The van der Waals surface area contributed by atoms with Gasteiger partial charge in [0.25, 0.3) is 0 Å². The highest BCUT2D eigenvalue weighted by atomic mass is 16.5. The Balaban J connectivity index is 1.65. The molecule has 27 heavy (non-hydrogen) atoms. The molecule has 0 spiro atoms. The van der Waals surface area contributed by atoms with Gasteiger partial charge in [-0.05, 0) is 24.5 Å². The summed E-state index contributed by atoms with van der Waals surface area (Å²) in [6.45, 7) is 7.63. The molecule has 1 aliphatic carbocycles. The fourth-order valence-electron chi connectivity index (χ4n) is 4.36. The summed E-state index contributed by atoms with van der Waals surface area (Å²) in [6, 6.07) is 6.80. The van der Waals surface area contributed by atoms with Gasteiger partial charge in [-0.15, -0.1) is 0 Å². The van der Waals surface area contributed by atoms with Crippen molar-refractivity contribution in [1.82, 2.24) is 14.9 Å². The molecule has 2 aliphatic rings. The van der Waals surface area contributed by atoms with E-state index in [2.05, 4.69) is 65.1 Å². The van der Waals surface area contributed by atoms with Gasteiger partial charge >= 0.3 is 0 Å². The monoisotopic (exact) mass is 361 g/mol. The minimum absolute atomic E-state index is 0.209. The number of hydrogen-bond acceptors (Lipinski definition) is 4. The fourth-order valence-corrected chi connectivity index (χ4v) is 4.36. The Morgan fingerprint density at radius 2 is 1.96 bits per heavy atom. The molecule has 0 N–H and O–H groups in total. The minimum atomic E-state index is 0.209. The summed E-state index contributed by atoms with van der Waals surface area (Å²) in [5.41, 5.74) is 6.48. The first-order valence-corrected chi connectivity index (χ1v) is 9.70. The predicted octanol–water partition coefficient (Wildman–Crippen LogP) is 4.34. The first kappa shape index (κ1) is 17.9. The molecule has 1 aliphatic heterocycles. The molecule has 0 saturated carbocycles. The molecule has 0 radical (unpaired) electrons. The van der Waals surface area contributed by atoms with Gasteiger partial charge in [0.2, 0.25) is 5.88 Å². The number of aryl methyl sites for hydroxylation is 1. The van der Waals surface area contributed by atoms with E-state index in [0.29, 0.717) is 11.8 Å². The van der Waals surface area contributed by atoms with Crippen LogP contribution >= 0.6 is 0 Å². The van der Waals surface area contributed by atoms with Crippen LogP contribution in [0.25, 0.3) is 6.08 Å². The second kappa shape index (κ2) is 7.65. The first-order valence-electron chi connectivity index (χ1n) is 9.70. The van der Waals surface area contributed by atoms with E-state index in [0.717, 1.165) is 31.7 Å². The van der Waals surface area contributed by atoms with Gasteiger partial charge in [-0.2, -0.15) is 0 Å². The zero-order valence-corrected chi connectivity index (χ0v) is 16.4. The van der Waals surface area contributed by atoms with Crippen molar-refractivity contribution in [3.8, 4) is 5.88 Å². The van der Waals surface area contributed by atoms with E-state index in [-0.39, 0.29) is 5.92 Å². The summed E-state index contributed by atoms with van der Waals surface area (Å²) in [5, 5.41) is 0. The van der Waals surface area contributed by atoms with Gasteiger partial charge in [-0.3, -0.25) is 9.88 Å². The molecule has 140 valence electrons. The normalized spacial score (nSPS) is 19.8. The van der Waals surface area contributed by atoms with Crippen molar-refractivity contribution in [2.75, 3.05) is 26.7 Å². The molecule has 1 aromatic heterocycles. The lowest BCUT2D eigenvalue weighted by Crippen LogP contribution is -2.22. The van der Waals surface area contributed by atoms with Crippen LogP contribution in [0.2, 0.25) is 0 Å². The third kappa shape index (κ3) is 3.54. The van der Waals surface area contributed by atoms with Gasteiger partial charge in [0.05, 0.1) is 7.11 Å². The van der Waals surface area contributed by atoms with E-state index in [9.17, 15) is 0 Å². The number of fused-ring (bicyclic) bond motifs is 1. The van der Waals surface area contributed by atoms with Crippen LogP contribution in [-0.2, 0) is 0 Å². The van der Waals surface area contributed by atoms with E-state index in [1.165, 1.54) is 22.3 Å². The Morgan fingerprint density at radius 3 is 2.74 bits per heavy atom. The topological polar surface area (TPSA) is 38.3 Å². The lowest BCUT2D eigenvalue weighted by molar-refractivity contribution is 0.352. The highest BCUT2D eigenvalue weighted by molar-refractivity contribution is 5.68. The zero-order valence-electron chi connectivity index (χ0n) is 16.4. The van der Waals surface area contributed by atoms with Crippen LogP contribution in [0.15, 0.2) is 48.3 Å². The lowest BCUT2D eigenvalue weighted by atomic mass is 9.81. The molecule has 2 atom stereocenters. The maximum atomic E-state index is 5.50. The molecule has 0 saturated heterocycles. The van der Waals surface area contributed by atoms with Gasteiger partial charge in [0.15, 0.2) is 0 Å². The molecule has 0 fully saturated rings. The molecule has 2 heterocycles. The van der Waals surface area contributed by atoms with E-state index < -0.39 is 0 Å². The van der Waals surface area contributed by atoms with E-state index in [4.69, 9.17) is 4.74 Å². The highest BCUT2D eigenvalue weighted by Crippen LogP contribution is 2.47. The Labute approximate surface area is 161 Å². The van der Waals surface area contributed by atoms with Gasteiger partial charge in [-0.25, -0.2) is 4.98 Å². The number of aromatic nitrogens is 2. The van der Waals surface area contributed by atoms with Crippen LogP contribution in [0.3, 0.4) is 0 Å². The highest BCUT2D eigenvalue weighted by Gasteiger charge is 2.33. The summed E-state index contributed by atoms with van der Waals surface area (Å²) in [7, 11) is 1.67. The summed E-state index contributed by atoms with van der Waals surface area (Å²) in [5.74, 6) is 1.16. The van der Waals surface area contributed by atoms with Gasteiger partial charge in [-0.1, -0.05) is 54.5 Å². The number of ether oxygens (including phenoxy) is 1. The van der Waals surface area contributed by atoms with Crippen molar-refractivity contribution in [1.29, 1.82) is 0 Å². The Bertz CT molecular complexity index is 879. The van der Waals surface area contributed by atoms with Gasteiger partial charge < -0.3 is 4.74 Å². The standard InChI is InChI=1S/C23H27N3O/c1-16-6-7-20-19(14-16)15-18(8-13-26-11-4-5-12-26)21(20)17(2)22-23(27-3)25-10-9-24-22/h4-7,9-10,14-15,17,21H,8,11-13H2,1-3H3. The minimum Gasteiger partial charge on any atom is -0.480 e. The van der Waals surface area contributed by atoms with E-state index in [1.54, 1.807) is 19.5 Å². The molecular weight excluding hydrogens is 334 g/mol. The summed E-state index contributed by atoms with van der Waals surface area (Å²) >= 11 is 0. The maximum Gasteiger partial charge on any atom is 0.235 e. The van der Waals surface area contributed by atoms with Crippen LogP contribution < -0.4 is 4.74 Å². The lowest BCUT2D eigenvalue weighted by Gasteiger charge is -2.26. The number of rotatable bonds is 6. The van der Waals surface area contributed by atoms with Crippen LogP contribution in [0.5, 0.6) is 5.88 Å². The molecule has 2 unspecified atom stereocenters. The summed E-state index contributed by atoms with van der Waals surface area (Å²) < 4.78 is 5.50. The fraction of sp³-hybridized carbons (Fsp3) is 0.391. The van der Waals surface area contributed by atoms with E-state index in [1.807, 2.05) is 0 Å². The zero-order chi connectivity index (χ0) is 18.8. The number of hydrogen-bond donors (Lipinski definition) is 0. The average molecular weight is 361 g/mol. The Morgan fingerprint density at radius 1 is 1.19 bits per heavy atom. The smallest absolute Gasteiger partial charge is 0.235 e. The van der Waals surface area contributed by atoms with Crippen molar-refractivity contribution in [3.05, 3.63) is 70.7 Å². The molecular formula is C23H27N3O. The third-order valence-corrected chi connectivity index (χ3v) is 5.74. The molecule has 4 nitrogen and oxygen atoms in total. The SMILES string of the molecule is COc1nccnc1C(C)C1C(CCN2CC=CC2)=Cc2cc(C)ccc21. The quantitative estimate of drug-likeness (QED) is 0.718. The summed E-state index contributed by atoms with van der Waals surface area (Å²) in [6.07, 6.45) is 11.4. The number of benzene rings is 1. The Kier molecular flexibility index (Phi) is 5.08. The average Bonchev–Trinajstić information content (AvgIpc) is 3.32. The van der Waals surface area contributed by atoms with Crippen LogP contribution in [0.1, 0.15) is 47.6 Å². The first-order chi connectivity index (χ1) is 13.2. The maximum absolute atomic E-state index is 5.50. The molecule has 4 rings (SSSR count). The number of methoxy groups -OCH3 is 1. The molecule has 1 aromatic carbocycles. The predicted molar refractivity (Wildman–Crippen MR) is 109 cm³/mol. The largest absolute Gasteiger partial charge is 0.480 e. The van der Waals surface area contributed by atoms with Crippen molar-refractivity contribution >= 4 is 6.08 Å². The van der Waals surface area contributed by atoms with Gasteiger partial charge in [0, 0.05) is 43.9 Å². The van der Waals surface area contributed by atoms with E-state index >= 15 is 0 Å². The molecule has 4 heteroatoms. The van der Waals surface area contributed by atoms with Gasteiger partial charge in [0.1, 0.15) is 5.69 Å². The summed E-state index contributed by atoms with van der Waals surface area (Å²) in [4.78, 5) is 11.5. The number of nitrogens with zero attached hydrogens (tertiary/aromatic N) is 3. The van der Waals surface area contributed by atoms with Crippen molar-refractivity contribution < 1.29 is 4.74 Å². The third-order valence-electron chi connectivity index (χ3n) is 5.74. The van der Waals surface area contributed by atoms with Crippen LogP contribution in [0.4, 0.5) is 0 Å². The van der Waals surface area contributed by atoms with Crippen molar-refractivity contribution in [2.24, 2.45) is 0 Å². The second-order valence-electron chi connectivity index (χ2n) is 7.55. The molecule has 0 amide bonds. The van der Waals surface area contributed by atoms with Crippen molar-refractivity contribution in [2.45, 2.75) is 32.1 Å². The van der Waals surface area contributed by atoms with Crippen LogP contribution in [0, 0.1) is 6.92 Å². The second-order valence-corrected chi connectivity index (χ2v) is 7.55. The van der Waals surface area contributed by atoms with Crippen LogP contribution in [-0.4, -0.2) is 41.6 Å².